The van der Waals surface area contributed by atoms with Gasteiger partial charge in [0.1, 0.15) is 23.7 Å². The van der Waals surface area contributed by atoms with E-state index in [-0.39, 0.29) is 18.8 Å². The average molecular weight is 550 g/mol. The number of benzene rings is 2. The maximum absolute atomic E-state index is 13.6. The average Bonchev–Trinajstić information content (AvgIpc) is 3.28. The lowest BCUT2D eigenvalue weighted by Crippen LogP contribution is -2.58. The van der Waals surface area contributed by atoms with Crippen molar-refractivity contribution in [3.8, 4) is 0 Å². The van der Waals surface area contributed by atoms with E-state index < -0.39 is 47.5 Å². The summed E-state index contributed by atoms with van der Waals surface area (Å²) in [7, 11) is 0. The third-order valence-corrected chi connectivity index (χ3v) is 6.30. The van der Waals surface area contributed by atoms with E-state index in [0.717, 1.165) is 22.0 Å². The zero-order valence-electron chi connectivity index (χ0n) is 23.6. The van der Waals surface area contributed by atoms with Gasteiger partial charge < -0.3 is 31.4 Å². The van der Waals surface area contributed by atoms with E-state index in [4.69, 9.17) is 10.5 Å². The van der Waals surface area contributed by atoms with E-state index in [1.165, 1.54) is 0 Å². The maximum atomic E-state index is 13.6. The lowest BCUT2D eigenvalue weighted by atomic mass is 9.99. The lowest BCUT2D eigenvalue weighted by Gasteiger charge is -2.27. The highest BCUT2D eigenvalue weighted by atomic mass is 16.6. The van der Waals surface area contributed by atoms with Crippen LogP contribution < -0.4 is 21.7 Å². The molecule has 40 heavy (non-hydrogen) atoms. The fourth-order valence-electron chi connectivity index (χ4n) is 4.30. The maximum Gasteiger partial charge on any atom is 0.408 e. The Morgan fingerprint density at radius 2 is 1.50 bits per heavy atom. The summed E-state index contributed by atoms with van der Waals surface area (Å²) in [6.45, 7) is 8.73. The summed E-state index contributed by atoms with van der Waals surface area (Å²) in [5, 5.41) is 9.03. The molecule has 10 heteroatoms. The summed E-state index contributed by atoms with van der Waals surface area (Å²) in [5.41, 5.74) is 7.35. The van der Waals surface area contributed by atoms with Crippen LogP contribution >= 0.6 is 0 Å². The summed E-state index contributed by atoms with van der Waals surface area (Å²) in [4.78, 5) is 54.8. The molecule has 3 atom stereocenters. The summed E-state index contributed by atoms with van der Waals surface area (Å²) in [5.74, 6) is -2.13. The lowest BCUT2D eigenvalue weighted by molar-refractivity contribution is -0.133. The molecule has 3 rings (SSSR count). The first-order valence-corrected chi connectivity index (χ1v) is 13.3. The molecule has 0 saturated heterocycles. The summed E-state index contributed by atoms with van der Waals surface area (Å²) in [6, 6.07) is 13.8. The number of nitrogens with two attached hydrogens (primary N) is 1. The third-order valence-electron chi connectivity index (χ3n) is 6.30. The van der Waals surface area contributed by atoms with E-state index in [0.29, 0.717) is 0 Å². The van der Waals surface area contributed by atoms with Crippen molar-refractivity contribution in [2.45, 2.75) is 71.2 Å². The fourth-order valence-corrected chi connectivity index (χ4v) is 4.30. The van der Waals surface area contributed by atoms with Crippen LogP contribution in [0.4, 0.5) is 4.79 Å². The number of H-pyrrole nitrogens is 1. The Morgan fingerprint density at radius 3 is 2.12 bits per heavy atom. The SMILES string of the molecule is CC(C)[C@H](NC(=O)[C@H](Cc1c[nH]c2ccccc12)NC(=O)OC(C)(C)C)C(=O)N[C@@H](Cc1ccccc1)C(N)=O. The number of hydrogen-bond acceptors (Lipinski definition) is 5. The second kappa shape index (κ2) is 13.1. The number of nitrogens with one attached hydrogen (secondary N) is 4. The number of aromatic nitrogens is 1. The Hall–Kier alpha value is -4.34. The second-order valence-electron chi connectivity index (χ2n) is 11.1. The quantitative estimate of drug-likeness (QED) is 0.249. The van der Waals surface area contributed by atoms with Gasteiger partial charge in [0.25, 0.3) is 0 Å². The standard InChI is InChI=1S/C30H39N5O5/c1-18(2)25(28(38)33-23(26(31)36)15-19-11-7-6-8-12-19)35-27(37)24(34-29(39)40-30(3,4)5)16-20-17-32-22-14-10-9-13-21(20)22/h6-14,17-18,23-25,32H,15-16H2,1-5H3,(H2,31,36)(H,33,38)(H,34,39)(H,35,37)/t23-,24-,25-/m0/s1. The van der Waals surface area contributed by atoms with E-state index in [2.05, 4.69) is 20.9 Å². The molecule has 1 aromatic heterocycles. The Morgan fingerprint density at radius 1 is 0.850 bits per heavy atom. The minimum absolute atomic E-state index is 0.152. The van der Waals surface area contributed by atoms with Crippen LogP contribution in [0.3, 0.4) is 0 Å². The van der Waals surface area contributed by atoms with Crippen molar-refractivity contribution in [1.29, 1.82) is 0 Å². The molecule has 0 spiro atoms. The molecule has 0 unspecified atom stereocenters. The Labute approximate surface area is 234 Å². The third kappa shape index (κ3) is 8.59. The summed E-state index contributed by atoms with van der Waals surface area (Å²) < 4.78 is 5.39. The minimum Gasteiger partial charge on any atom is -0.444 e. The molecule has 10 nitrogen and oxygen atoms in total. The monoisotopic (exact) mass is 549 g/mol. The van der Waals surface area contributed by atoms with E-state index in [1.807, 2.05) is 54.6 Å². The highest BCUT2D eigenvalue weighted by Gasteiger charge is 2.32. The first-order valence-electron chi connectivity index (χ1n) is 13.3. The van der Waals surface area contributed by atoms with Crippen molar-refractivity contribution < 1.29 is 23.9 Å². The molecular formula is C30H39N5O5. The first kappa shape index (κ1) is 30.2. The minimum atomic E-state index is -1.04. The number of alkyl carbamates (subject to hydrolysis) is 1. The van der Waals surface area contributed by atoms with E-state index in [1.54, 1.807) is 40.8 Å². The molecule has 6 N–H and O–H groups in total. The van der Waals surface area contributed by atoms with Gasteiger partial charge in [0, 0.05) is 29.9 Å². The van der Waals surface area contributed by atoms with Gasteiger partial charge in [-0.15, -0.1) is 0 Å². The van der Waals surface area contributed by atoms with Crippen LogP contribution in [0.15, 0.2) is 60.8 Å². The zero-order chi connectivity index (χ0) is 29.4. The topological polar surface area (TPSA) is 155 Å². The van der Waals surface area contributed by atoms with Gasteiger partial charge in [0.05, 0.1) is 0 Å². The molecule has 0 aliphatic rings. The molecule has 214 valence electrons. The van der Waals surface area contributed by atoms with Crippen LogP contribution in [0.2, 0.25) is 0 Å². The van der Waals surface area contributed by atoms with Gasteiger partial charge in [-0.2, -0.15) is 0 Å². The normalized spacial score (nSPS) is 13.8. The first-order chi connectivity index (χ1) is 18.8. The van der Waals surface area contributed by atoms with E-state index in [9.17, 15) is 19.2 Å². The van der Waals surface area contributed by atoms with Crippen molar-refractivity contribution in [3.05, 3.63) is 71.9 Å². The molecule has 0 fully saturated rings. The van der Waals surface area contributed by atoms with Crippen LogP contribution in [0.5, 0.6) is 0 Å². The predicted molar refractivity (Wildman–Crippen MR) is 153 cm³/mol. The van der Waals surface area contributed by atoms with E-state index >= 15 is 0 Å². The van der Waals surface area contributed by atoms with Crippen LogP contribution in [-0.4, -0.2) is 52.5 Å². The molecule has 0 radical (unpaired) electrons. The molecule has 3 aromatic rings. The van der Waals surface area contributed by atoms with Gasteiger partial charge in [-0.05, 0) is 43.9 Å². The Kier molecular flexibility index (Phi) is 9.93. The molecule has 2 aromatic carbocycles. The van der Waals surface area contributed by atoms with Crippen molar-refractivity contribution >= 4 is 34.7 Å². The number of aromatic amines is 1. The zero-order valence-corrected chi connectivity index (χ0v) is 23.6. The van der Waals surface area contributed by atoms with Gasteiger partial charge >= 0.3 is 6.09 Å². The number of rotatable bonds is 11. The van der Waals surface area contributed by atoms with Crippen molar-refractivity contribution in [2.24, 2.45) is 11.7 Å². The molecular weight excluding hydrogens is 510 g/mol. The van der Waals surface area contributed by atoms with Crippen LogP contribution in [0.1, 0.15) is 45.7 Å². The second-order valence-corrected chi connectivity index (χ2v) is 11.1. The summed E-state index contributed by atoms with van der Waals surface area (Å²) in [6.07, 6.45) is 1.40. The number of carbonyl (C=O) groups excluding carboxylic acids is 4. The van der Waals surface area contributed by atoms with Gasteiger partial charge in [0.2, 0.25) is 17.7 Å². The predicted octanol–water partition coefficient (Wildman–Crippen LogP) is 2.96. The van der Waals surface area contributed by atoms with Crippen molar-refractivity contribution in [1.82, 2.24) is 20.9 Å². The number of carbonyl (C=O) groups is 4. The number of para-hydroxylation sites is 1. The van der Waals surface area contributed by atoms with Crippen LogP contribution in [-0.2, 0) is 32.0 Å². The van der Waals surface area contributed by atoms with Crippen LogP contribution in [0, 0.1) is 5.92 Å². The molecule has 1 heterocycles. The number of fused-ring (bicyclic) bond motifs is 1. The van der Waals surface area contributed by atoms with Crippen molar-refractivity contribution in [3.63, 3.8) is 0 Å². The molecule has 0 aliphatic heterocycles. The Balaban J connectivity index is 1.79. The number of hydrogen-bond donors (Lipinski definition) is 5. The summed E-state index contributed by atoms with van der Waals surface area (Å²) >= 11 is 0. The highest BCUT2D eigenvalue weighted by Crippen LogP contribution is 2.20. The van der Waals surface area contributed by atoms with Gasteiger partial charge in [-0.1, -0.05) is 62.4 Å². The fraction of sp³-hybridized carbons (Fsp3) is 0.400. The molecule has 0 saturated carbocycles. The largest absolute Gasteiger partial charge is 0.444 e. The van der Waals surface area contributed by atoms with Gasteiger partial charge in [0.15, 0.2) is 0 Å². The molecule has 0 aliphatic carbocycles. The number of ether oxygens (including phenoxy) is 1. The molecule has 0 bridgehead atoms. The number of amides is 4. The van der Waals surface area contributed by atoms with Crippen LogP contribution in [0.25, 0.3) is 10.9 Å². The highest BCUT2D eigenvalue weighted by molar-refractivity contribution is 5.94. The van der Waals surface area contributed by atoms with Gasteiger partial charge in [-0.3, -0.25) is 14.4 Å². The Bertz CT molecular complexity index is 1330. The smallest absolute Gasteiger partial charge is 0.408 e. The van der Waals surface area contributed by atoms with Crippen molar-refractivity contribution in [2.75, 3.05) is 0 Å². The molecule has 4 amide bonds. The number of primary amides is 1. The van der Waals surface area contributed by atoms with Gasteiger partial charge in [-0.25, -0.2) is 4.79 Å².